The largest absolute Gasteiger partial charge is 0.330 e. The van der Waals surface area contributed by atoms with Crippen LogP contribution in [0.4, 0.5) is 0 Å². The van der Waals surface area contributed by atoms with E-state index < -0.39 is 0 Å². The summed E-state index contributed by atoms with van der Waals surface area (Å²) in [7, 11) is 0. The van der Waals surface area contributed by atoms with Crippen molar-refractivity contribution in [1.29, 1.82) is 0 Å². The Morgan fingerprint density at radius 2 is 2.25 bits per heavy atom. The van der Waals surface area contributed by atoms with Crippen molar-refractivity contribution < 1.29 is 4.79 Å². The van der Waals surface area contributed by atoms with E-state index in [0.29, 0.717) is 18.8 Å². The molecule has 0 aliphatic carbocycles. The molecule has 0 spiro atoms. The Labute approximate surface area is 96.9 Å². The van der Waals surface area contributed by atoms with Crippen molar-refractivity contribution in [3.63, 3.8) is 0 Å². The van der Waals surface area contributed by atoms with Gasteiger partial charge in [0.15, 0.2) is 11.6 Å². The van der Waals surface area contributed by atoms with Crippen molar-refractivity contribution in [3.8, 4) is 0 Å². The predicted molar refractivity (Wildman–Crippen MR) is 64.4 cm³/mol. The van der Waals surface area contributed by atoms with Crippen LogP contribution in [-0.4, -0.2) is 21.9 Å². The van der Waals surface area contributed by atoms with Gasteiger partial charge in [-0.05, 0) is 25.8 Å². The van der Waals surface area contributed by atoms with Gasteiger partial charge in [-0.25, -0.2) is 4.98 Å². The van der Waals surface area contributed by atoms with Gasteiger partial charge in [0.25, 0.3) is 0 Å². The van der Waals surface area contributed by atoms with Crippen LogP contribution in [0.2, 0.25) is 0 Å². The summed E-state index contributed by atoms with van der Waals surface area (Å²) < 4.78 is 1.94. The molecule has 0 saturated carbocycles. The number of nitrogens with zero attached hydrogens (tertiary/aromatic N) is 2. The molecule has 0 radical (unpaired) electrons. The molecule has 0 saturated heterocycles. The summed E-state index contributed by atoms with van der Waals surface area (Å²) in [5, 5.41) is 0. The molecule has 0 amide bonds. The summed E-state index contributed by atoms with van der Waals surface area (Å²) in [6.45, 7) is 3.66. The van der Waals surface area contributed by atoms with Gasteiger partial charge >= 0.3 is 0 Å². The van der Waals surface area contributed by atoms with Gasteiger partial charge in [-0.3, -0.25) is 4.79 Å². The summed E-state index contributed by atoms with van der Waals surface area (Å²) in [4.78, 5) is 16.0. The normalized spacial score (nSPS) is 10.6. The van der Waals surface area contributed by atoms with Crippen molar-refractivity contribution >= 4 is 5.78 Å². The number of imidazole rings is 1. The van der Waals surface area contributed by atoms with E-state index in [-0.39, 0.29) is 5.78 Å². The average Bonchev–Trinajstić information content (AvgIpc) is 2.73. The van der Waals surface area contributed by atoms with Gasteiger partial charge < -0.3 is 10.3 Å². The van der Waals surface area contributed by atoms with E-state index in [1.807, 2.05) is 10.8 Å². The number of carbonyl (C=O) groups excluding carboxylic acids is 1. The van der Waals surface area contributed by atoms with Crippen LogP contribution in [0.3, 0.4) is 0 Å². The Hall–Kier alpha value is -1.16. The highest BCUT2D eigenvalue weighted by Gasteiger charge is 2.11. The number of carbonyl (C=O) groups is 1. The molecular formula is C12H21N3O. The van der Waals surface area contributed by atoms with Gasteiger partial charge in [-0.15, -0.1) is 0 Å². The van der Waals surface area contributed by atoms with Crippen LogP contribution in [0.15, 0.2) is 12.4 Å². The van der Waals surface area contributed by atoms with Crippen molar-refractivity contribution in [2.75, 3.05) is 6.54 Å². The standard InChI is InChI=1S/C12H21N3O/c1-2-9-15-10-8-14-12(15)11(16)6-4-3-5-7-13/h8,10H,2-7,9,13H2,1H3. The van der Waals surface area contributed by atoms with Crippen molar-refractivity contribution in [2.45, 2.75) is 45.6 Å². The van der Waals surface area contributed by atoms with Crippen LogP contribution < -0.4 is 5.73 Å². The van der Waals surface area contributed by atoms with Crippen molar-refractivity contribution in [1.82, 2.24) is 9.55 Å². The Kier molecular flexibility index (Phi) is 5.78. The Bertz CT molecular complexity index is 320. The molecule has 0 aliphatic heterocycles. The van der Waals surface area contributed by atoms with Crippen LogP contribution in [0.5, 0.6) is 0 Å². The zero-order chi connectivity index (χ0) is 11.8. The first-order chi connectivity index (χ1) is 7.79. The second-order valence-corrected chi connectivity index (χ2v) is 3.97. The predicted octanol–water partition coefficient (Wildman–Crippen LogP) is 1.99. The highest BCUT2D eigenvalue weighted by Crippen LogP contribution is 2.07. The molecule has 0 aliphatic rings. The zero-order valence-electron chi connectivity index (χ0n) is 9.98. The smallest absolute Gasteiger partial charge is 0.198 e. The van der Waals surface area contributed by atoms with Gasteiger partial charge in [-0.1, -0.05) is 13.3 Å². The summed E-state index contributed by atoms with van der Waals surface area (Å²) >= 11 is 0. The Balaban J connectivity index is 2.42. The quantitative estimate of drug-likeness (QED) is 0.541. The highest BCUT2D eigenvalue weighted by molar-refractivity contribution is 5.92. The summed E-state index contributed by atoms with van der Waals surface area (Å²) in [5.41, 5.74) is 5.40. The maximum absolute atomic E-state index is 11.9. The third kappa shape index (κ3) is 3.77. The van der Waals surface area contributed by atoms with Crippen molar-refractivity contribution in [3.05, 3.63) is 18.2 Å². The van der Waals surface area contributed by atoms with Crippen LogP contribution in [0.25, 0.3) is 0 Å². The molecule has 0 unspecified atom stereocenters. The molecule has 90 valence electrons. The van der Waals surface area contributed by atoms with E-state index in [1.165, 1.54) is 0 Å². The van der Waals surface area contributed by atoms with Crippen LogP contribution >= 0.6 is 0 Å². The lowest BCUT2D eigenvalue weighted by Gasteiger charge is -2.04. The molecule has 16 heavy (non-hydrogen) atoms. The Morgan fingerprint density at radius 3 is 2.94 bits per heavy atom. The zero-order valence-corrected chi connectivity index (χ0v) is 9.98. The van der Waals surface area contributed by atoms with Gasteiger partial charge in [0.1, 0.15) is 0 Å². The van der Waals surface area contributed by atoms with E-state index in [2.05, 4.69) is 11.9 Å². The minimum atomic E-state index is 0.149. The van der Waals surface area contributed by atoms with Crippen LogP contribution in [0, 0.1) is 0 Å². The molecule has 1 heterocycles. The fourth-order valence-corrected chi connectivity index (χ4v) is 1.70. The van der Waals surface area contributed by atoms with Crippen molar-refractivity contribution in [2.24, 2.45) is 5.73 Å². The number of ketones is 1. The lowest BCUT2D eigenvalue weighted by Crippen LogP contribution is -2.10. The molecule has 0 bridgehead atoms. The highest BCUT2D eigenvalue weighted by atomic mass is 16.1. The number of Topliss-reactive ketones (excluding diaryl/α,β-unsaturated/α-hetero) is 1. The van der Waals surface area contributed by atoms with E-state index in [4.69, 9.17) is 5.73 Å². The van der Waals surface area contributed by atoms with Gasteiger partial charge in [0.05, 0.1) is 0 Å². The first-order valence-corrected chi connectivity index (χ1v) is 6.04. The number of aryl methyl sites for hydroxylation is 1. The monoisotopic (exact) mass is 223 g/mol. The lowest BCUT2D eigenvalue weighted by atomic mass is 10.1. The summed E-state index contributed by atoms with van der Waals surface area (Å²) in [6.07, 6.45) is 8.10. The molecule has 0 atom stereocenters. The third-order valence-corrected chi connectivity index (χ3v) is 2.54. The van der Waals surface area contributed by atoms with Gasteiger partial charge in [-0.2, -0.15) is 0 Å². The number of nitrogens with two attached hydrogens (primary N) is 1. The maximum Gasteiger partial charge on any atom is 0.198 e. The SMILES string of the molecule is CCCn1ccnc1C(=O)CCCCCN. The number of unbranched alkanes of at least 4 members (excludes halogenated alkanes) is 2. The molecule has 0 fully saturated rings. The fraction of sp³-hybridized carbons (Fsp3) is 0.667. The summed E-state index contributed by atoms with van der Waals surface area (Å²) in [5.74, 6) is 0.755. The minimum Gasteiger partial charge on any atom is -0.330 e. The molecule has 1 aromatic heterocycles. The second kappa shape index (κ2) is 7.17. The van der Waals surface area contributed by atoms with E-state index in [9.17, 15) is 4.79 Å². The number of hydrogen-bond donors (Lipinski definition) is 1. The van der Waals surface area contributed by atoms with Gasteiger partial charge in [0, 0.05) is 25.4 Å². The average molecular weight is 223 g/mol. The topological polar surface area (TPSA) is 60.9 Å². The third-order valence-electron chi connectivity index (χ3n) is 2.54. The van der Waals surface area contributed by atoms with Gasteiger partial charge in [0.2, 0.25) is 0 Å². The van der Waals surface area contributed by atoms with Crippen LogP contribution in [0.1, 0.15) is 49.6 Å². The fourth-order valence-electron chi connectivity index (χ4n) is 1.70. The maximum atomic E-state index is 11.9. The molecule has 4 nitrogen and oxygen atoms in total. The van der Waals surface area contributed by atoms with Crippen LogP contribution in [-0.2, 0) is 6.54 Å². The number of hydrogen-bond acceptors (Lipinski definition) is 3. The number of aromatic nitrogens is 2. The molecule has 4 heteroatoms. The molecule has 1 aromatic rings. The molecular weight excluding hydrogens is 202 g/mol. The van der Waals surface area contributed by atoms with E-state index >= 15 is 0 Å². The summed E-state index contributed by atoms with van der Waals surface area (Å²) in [6, 6.07) is 0. The first-order valence-electron chi connectivity index (χ1n) is 6.04. The minimum absolute atomic E-state index is 0.149. The number of rotatable bonds is 8. The van der Waals surface area contributed by atoms with E-state index in [1.54, 1.807) is 6.20 Å². The Morgan fingerprint density at radius 1 is 1.44 bits per heavy atom. The molecule has 0 aromatic carbocycles. The van der Waals surface area contributed by atoms with E-state index in [0.717, 1.165) is 32.2 Å². The molecule has 2 N–H and O–H groups in total. The molecule has 1 rings (SSSR count). The second-order valence-electron chi connectivity index (χ2n) is 3.97. The lowest BCUT2D eigenvalue weighted by molar-refractivity contribution is 0.0965. The first kappa shape index (κ1) is 12.9.